The minimum Gasteiger partial charge on any atom is -0.454 e. The smallest absolute Gasteiger partial charge is 0.161 e. The summed E-state index contributed by atoms with van der Waals surface area (Å²) >= 11 is 0. The van der Waals surface area contributed by atoms with E-state index in [1.807, 2.05) is 0 Å². The number of rotatable bonds is 7. The summed E-state index contributed by atoms with van der Waals surface area (Å²) in [6.45, 7) is 0. The summed E-state index contributed by atoms with van der Waals surface area (Å²) in [5.41, 5.74) is 10.2. The van der Waals surface area contributed by atoms with Crippen LogP contribution in [0.2, 0.25) is 0 Å². The van der Waals surface area contributed by atoms with Gasteiger partial charge in [0.2, 0.25) is 0 Å². The van der Waals surface area contributed by atoms with Gasteiger partial charge in [-0.15, -0.1) is 0 Å². The average molecular weight is 629 g/mol. The zero-order valence-electron chi connectivity index (χ0n) is 26.8. The van der Waals surface area contributed by atoms with E-state index < -0.39 is 0 Å². The molecule has 0 amide bonds. The van der Waals surface area contributed by atoms with Crippen LogP contribution in [0.1, 0.15) is 0 Å². The number of nitrogens with zero attached hydrogens (tertiary/aromatic N) is 2. The molecule has 8 aromatic carbocycles. The van der Waals surface area contributed by atoms with Crippen LogP contribution in [0.5, 0.6) is 0 Å². The van der Waals surface area contributed by atoms with E-state index in [4.69, 9.17) is 4.42 Å². The van der Waals surface area contributed by atoms with E-state index in [0.29, 0.717) is 0 Å². The number of furan rings is 1. The minimum atomic E-state index is 0.829. The Morgan fingerprint density at radius 2 is 0.857 bits per heavy atom. The highest BCUT2D eigenvalue weighted by atomic mass is 16.3. The lowest BCUT2D eigenvalue weighted by Gasteiger charge is -2.33. The van der Waals surface area contributed by atoms with E-state index in [1.54, 1.807) is 0 Å². The summed E-state index contributed by atoms with van der Waals surface area (Å²) in [5.74, 6) is 0. The van der Waals surface area contributed by atoms with Gasteiger partial charge in [0.05, 0.1) is 5.69 Å². The topological polar surface area (TPSA) is 19.6 Å². The third kappa shape index (κ3) is 5.18. The third-order valence-corrected chi connectivity index (χ3v) is 9.18. The zero-order valence-corrected chi connectivity index (χ0v) is 26.8. The summed E-state index contributed by atoms with van der Waals surface area (Å²) in [6, 6.07) is 68.5. The molecule has 232 valence electrons. The number of anilines is 6. The number of hydrogen-bond donors (Lipinski definition) is 0. The average Bonchev–Trinajstić information content (AvgIpc) is 3.54. The molecular formula is C46H32N2O. The normalized spacial score (nSPS) is 11.3. The van der Waals surface area contributed by atoms with Gasteiger partial charge in [0.25, 0.3) is 0 Å². The van der Waals surface area contributed by atoms with Gasteiger partial charge in [0.15, 0.2) is 5.58 Å². The van der Waals surface area contributed by atoms with Gasteiger partial charge >= 0.3 is 0 Å². The van der Waals surface area contributed by atoms with Crippen molar-refractivity contribution in [3.05, 3.63) is 194 Å². The van der Waals surface area contributed by atoms with Crippen molar-refractivity contribution in [2.75, 3.05) is 9.80 Å². The first-order chi connectivity index (χ1) is 24.3. The molecule has 0 saturated heterocycles. The first kappa shape index (κ1) is 28.6. The summed E-state index contributed by atoms with van der Waals surface area (Å²) in [6.07, 6.45) is 0. The molecule has 1 heterocycles. The van der Waals surface area contributed by atoms with E-state index in [0.717, 1.165) is 67.0 Å². The van der Waals surface area contributed by atoms with Gasteiger partial charge in [-0.2, -0.15) is 0 Å². The number of fused-ring (bicyclic) bond motifs is 4. The maximum atomic E-state index is 7.00. The van der Waals surface area contributed by atoms with Crippen LogP contribution in [-0.4, -0.2) is 0 Å². The molecule has 0 radical (unpaired) electrons. The fourth-order valence-electron chi connectivity index (χ4n) is 6.92. The molecule has 0 aliphatic rings. The summed E-state index contributed by atoms with van der Waals surface area (Å²) in [4.78, 5) is 4.68. The molecule has 0 saturated carbocycles. The Balaban J connectivity index is 1.39. The van der Waals surface area contributed by atoms with Crippen LogP contribution in [0.15, 0.2) is 199 Å². The van der Waals surface area contributed by atoms with Crippen molar-refractivity contribution >= 4 is 66.8 Å². The standard InChI is InChI=1S/C46H32N2O/c1-5-16-33(17-6-1)34-20-15-27-40(30-34)47(37-21-7-2-8-22-37)43-29-28-41-42-31-35-18-13-14-19-36(35)32-44(42)49-46(41)45(43)48(38-23-9-3-10-24-38)39-25-11-4-12-26-39/h1-32H. The lowest BCUT2D eigenvalue weighted by atomic mass is 10.0. The molecule has 0 aliphatic carbocycles. The lowest BCUT2D eigenvalue weighted by molar-refractivity contribution is 0.669. The monoisotopic (exact) mass is 628 g/mol. The molecule has 0 unspecified atom stereocenters. The van der Waals surface area contributed by atoms with Crippen molar-refractivity contribution in [1.29, 1.82) is 0 Å². The molecule has 3 heteroatoms. The van der Waals surface area contributed by atoms with Crippen molar-refractivity contribution in [2.24, 2.45) is 0 Å². The predicted octanol–water partition coefficient (Wildman–Crippen LogP) is 13.3. The summed E-state index contributed by atoms with van der Waals surface area (Å²) in [7, 11) is 0. The quantitative estimate of drug-likeness (QED) is 0.175. The fourth-order valence-corrected chi connectivity index (χ4v) is 6.92. The number of hydrogen-bond acceptors (Lipinski definition) is 3. The molecule has 49 heavy (non-hydrogen) atoms. The summed E-state index contributed by atoms with van der Waals surface area (Å²) in [5, 5.41) is 4.51. The van der Waals surface area contributed by atoms with Crippen molar-refractivity contribution < 1.29 is 4.42 Å². The highest BCUT2D eigenvalue weighted by Gasteiger charge is 2.27. The van der Waals surface area contributed by atoms with Gasteiger partial charge in [-0.1, -0.05) is 121 Å². The Kier molecular flexibility index (Phi) is 7.14. The van der Waals surface area contributed by atoms with Crippen LogP contribution in [0.3, 0.4) is 0 Å². The molecule has 0 spiro atoms. The largest absolute Gasteiger partial charge is 0.454 e. The molecule has 0 atom stereocenters. The van der Waals surface area contributed by atoms with Crippen LogP contribution in [0, 0.1) is 0 Å². The molecule has 0 aliphatic heterocycles. The Bertz CT molecular complexity index is 2500. The summed E-state index contributed by atoms with van der Waals surface area (Å²) < 4.78 is 7.00. The van der Waals surface area contributed by atoms with Gasteiger partial charge in [-0.3, -0.25) is 0 Å². The number of para-hydroxylation sites is 3. The van der Waals surface area contributed by atoms with Gasteiger partial charge in [0.1, 0.15) is 11.3 Å². The van der Waals surface area contributed by atoms with Crippen LogP contribution in [0.25, 0.3) is 43.8 Å². The van der Waals surface area contributed by atoms with Crippen LogP contribution >= 0.6 is 0 Å². The van der Waals surface area contributed by atoms with Gasteiger partial charge in [-0.05, 0) is 94.7 Å². The Morgan fingerprint density at radius 3 is 1.49 bits per heavy atom. The molecule has 3 nitrogen and oxygen atoms in total. The Hall–Kier alpha value is -6.58. The van der Waals surface area contributed by atoms with Gasteiger partial charge in [-0.25, -0.2) is 0 Å². The molecule has 9 rings (SSSR count). The molecular weight excluding hydrogens is 597 g/mol. The maximum Gasteiger partial charge on any atom is 0.161 e. The fraction of sp³-hybridized carbons (Fsp3) is 0. The number of benzene rings is 8. The van der Waals surface area contributed by atoms with E-state index in [1.165, 1.54) is 10.9 Å². The molecule has 0 N–H and O–H groups in total. The lowest BCUT2D eigenvalue weighted by Crippen LogP contribution is -2.17. The first-order valence-electron chi connectivity index (χ1n) is 16.6. The Labute approximate surface area is 285 Å². The van der Waals surface area contributed by atoms with Crippen molar-refractivity contribution in [1.82, 2.24) is 0 Å². The van der Waals surface area contributed by atoms with Crippen LogP contribution in [-0.2, 0) is 0 Å². The predicted molar refractivity (Wildman–Crippen MR) is 206 cm³/mol. The second kappa shape index (κ2) is 12.2. The van der Waals surface area contributed by atoms with Gasteiger partial charge in [0, 0.05) is 33.5 Å². The second-order valence-corrected chi connectivity index (χ2v) is 12.2. The van der Waals surface area contributed by atoms with Crippen molar-refractivity contribution in [3.63, 3.8) is 0 Å². The maximum absolute atomic E-state index is 7.00. The van der Waals surface area contributed by atoms with E-state index in [9.17, 15) is 0 Å². The molecule has 1 aromatic heterocycles. The van der Waals surface area contributed by atoms with Crippen molar-refractivity contribution in [3.8, 4) is 11.1 Å². The zero-order chi connectivity index (χ0) is 32.6. The SMILES string of the molecule is c1ccc(-c2cccc(N(c3ccccc3)c3ccc4c(oc5cc6ccccc6cc54)c3N(c3ccccc3)c3ccccc3)c2)cc1. The Morgan fingerprint density at radius 1 is 0.347 bits per heavy atom. The van der Waals surface area contributed by atoms with E-state index in [2.05, 4.69) is 204 Å². The van der Waals surface area contributed by atoms with Crippen LogP contribution < -0.4 is 9.80 Å². The highest BCUT2D eigenvalue weighted by molar-refractivity contribution is 6.16. The van der Waals surface area contributed by atoms with Crippen molar-refractivity contribution in [2.45, 2.75) is 0 Å². The molecule has 0 bridgehead atoms. The second-order valence-electron chi connectivity index (χ2n) is 12.2. The minimum absolute atomic E-state index is 0.829. The van der Waals surface area contributed by atoms with Gasteiger partial charge < -0.3 is 14.2 Å². The first-order valence-corrected chi connectivity index (χ1v) is 16.6. The van der Waals surface area contributed by atoms with E-state index in [-0.39, 0.29) is 0 Å². The van der Waals surface area contributed by atoms with E-state index >= 15 is 0 Å². The highest BCUT2D eigenvalue weighted by Crippen LogP contribution is 2.51. The molecule has 9 aromatic rings. The molecule has 0 fully saturated rings. The van der Waals surface area contributed by atoms with Crippen LogP contribution in [0.4, 0.5) is 34.1 Å². The third-order valence-electron chi connectivity index (χ3n) is 9.18.